The molecule has 15 heavy (non-hydrogen) atoms. The summed E-state index contributed by atoms with van der Waals surface area (Å²) in [5.41, 5.74) is 1.78. The molecule has 76 valence electrons. The summed E-state index contributed by atoms with van der Waals surface area (Å²) in [6.45, 7) is 7.29. The molecule has 3 nitrogen and oxygen atoms in total. The minimum Gasteiger partial charge on any atom is -0.258 e. The first-order valence-corrected chi connectivity index (χ1v) is 4.37. The smallest absolute Gasteiger partial charge is 0.258 e. The van der Waals surface area contributed by atoms with Gasteiger partial charge in [0.1, 0.15) is 0 Å². The van der Waals surface area contributed by atoms with Crippen LogP contribution >= 0.6 is 0 Å². The Morgan fingerprint density at radius 1 is 1.33 bits per heavy atom. The fourth-order valence-corrected chi connectivity index (χ4v) is 0.978. The highest BCUT2D eigenvalue weighted by Crippen LogP contribution is 2.13. The molecule has 0 bridgehead atoms. The van der Waals surface area contributed by atoms with Crippen molar-refractivity contribution >= 4 is 11.8 Å². The normalized spacial score (nSPS) is 10.1. The van der Waals surface area contributed by atoms with Crippen LogP contribution in [0.2, 0.25) is 0 Å². The van der Waals surface area contributed by atoms with Crippen LogP contribution in [0.5, 0.6) is 0 Å². The van der Waals surface area contributed by atoms with E-state index >= 15 is 0 Å². The van der Waals surface area contributed by atoms with Gasteiger partial charge < -0.3 is 0 Å². The van der Waals surface area contributed by atoms with Crippen LogP contribution < -0.4 is 0 Å². The van der Waals surface area contributed by atoms with Crippen molar-refractivity contribution in [3.05, 3.63) is 70.8 Å². The molecule has 0 heterocycles. The molecule has 0 amide bonds. The molecule has 0 spiro atoms. The summed E-state index contributed by atoms with van der Waals surface area (Å²) < 4.78 is 0. The number of nitrogens with zero attached hydrogens (tertiary/aromatic N) is 1. The first-order valence-electron chi connectivity index (χ1n) is 4.37. The van der Waals surface area contributed by atoms with Crippen LogP contribution in [0, 0.1) is 10.1 Å². The molecule has 1 rings (SSSR count). The second-order valence-electron chi connectivity index (χ2n) is 2.96. The fourth-order valence-electron chi connectivity index (χ4n) is 0.978. The molecule has 0 aliphatic carbocycles. The van der Waals surface area contributed by atoms with Gasteiger partial charge in [0.05, 0.1) is 4.92 Å². The molecule has 1 aromatic rings. The second-order valence-corrected chi connectivity index (χ2v) is 2.96. The van der Waals surface area contributed by atoms with E-state index in [0.29, 0.717) is 0 Å². The van der Waals surface area contributed by atoms with Crippen molar-refractivity contribution in [2.75, 3.05) is 0 Å². The zero-order chi connectivity index (χ0) is 11.3. The predicted molar refractivity (Wildman–Crippen MR) is 61.5 cm³/mol. The number of hydrogen-bond acceptors (Lipinski definition) is 2. The van der Waals surface area contributed by atoms with Gasteiger partial charge in [-0.05, 0) is 23.3 Å². The van der Waals surface area contributed by atoms with E-state index in [9.17, 15) is 10.1 Å². The van der Waals surface area contributed by atoms with Gasteiger partial charge in [0.2, 0.25) is 0 Å². The highest BCUT2D eigenvalue weighted by atomic mass is 16.6. The van der Waals surface area contributed by atoms with E-state index in [1.165, 1.54) is 12.1 Å². The number of non-ortho nitro benzene ring substituents is 1. The standard InChI is InChI=1S/C12H11NO2/c1-3-10(2)4-5-11-6-8-12(9-7-11)13(14)15/h3-9H,1-2H2/b5-4+. The van der Waals surface area contributed by atoms with Gasteiger partial charge in [0.25, 0.3) is 5.69 Å². The van der Waals surface area contributed by atoms with E-state index in [1.54, 1.807) is 24.3 Å². The monoisotopic (exact) mass is 201 g/mol. The first-order chi connectivity index (χ1) is 7.13. The molecule has 1 aromatic carbocycles. The van der Waals surface area contributed by atoms with Crippen LogP contribution in [-0.4, -0.2) is 4.92 Å². The molecule has 0 aromatic heterocycles. The van der Waals surface area contributed by atoms with E-state index in [2.05, 4.69) is 13.2 Å². The van der Waals surface area contributed by atoms with E-state index in [-0.39, 0.29) is 5.69 Å². The molecule has 0 saturated heterocycles. The van der Waals surface area contributed by atoms with Crippen LogP contribution in [0.1, 0.15) is 5.56 Å². The third kappa shape index (κ3) is 3.23. The van der Waals surface area contributed by atoms with Crippen molar-refractivity contribution in [3.63, 3.8) is 0 Å². The number of nitro groups is 1. The van der Waals surface area contributed by atoms with E-state index in [4.69, 9.17) is 0 Å². The van der Waals surface area contributed by atoms with Gasteiger partial charge >= 0.3 is 0 Å². The minimum absolute atomic E-state index is 0.0923. The van der Waals surface area contributed by atoms with Crippen molar-refractivity contribution in [3.8, 4) is 0 Å². The van der Waals surface area contributed by atoms with Crippen LogP contribution in [0.25, 0.3) is 6.08 Å². The Morgan fingerprint density at radius 2 is 1.93 bits per heavy atom. The number of allylic oxidation sites excluding steroid dienone is 3. The maximum Gasteiger partial charge on any atom is 0.269 e. The van der Waals surface area contributed by atoms with Crippen molar-refractivity contribution in [1.82, 2.24) is 0 Å². The summed E-state index contributed by atoms with van der Waals surface area (Å²) >= 11 is 0. The third-order valence-corrected chi connectivity index (χ3v) is 1.86. The van der Waals surface area contributed by atoms with Gasteiger partial charge in [0, 0.05) is 12.1 Å². The highest BCUT2D eigenvalue weighted by Gasteiger charge is 2.01. The Hall–Kier alpha value is -2.16. The summed E-state index contributed by atoms with van der Waals surface area (Å²) in [5.74, 6) is 0. The summed E-state index contributed by atoms with van der Waals surface area (Å²) in [7, 11) is 0. The lowest BCUT2D eigenvalue weighted by Gasteiger charge is -1.93. The average molecular weight is 201 g/mol. The SMILES string of the molecule is C=CC(=C)/C=C/c1ccc([N+](=O)[O-])cc1. The number of nitro benzene ring substituents is 1. The Labute approximate surface area is 88.2 Å². The molecule has 0 N–H and O–H groups in total. The second kappa shape index (κ2) is 4.91. The van der Waals surface area contributed by atoms with Crippen molar-refractivity contribution < 1.29 is 4.92 Å². The van der Waals surface area contributed by atoms with Gasteiger partial charge in [0.15, 0.2) is 0 Å². The molecular formula is C12H11NO2. The third-order valence-electron chi connectivity index (χ3n) is 1.86. The molecule has 0 saturated carbocycles. The average Bonchev–Trinajstić information content (AvgIpc) is 2.26. The number of rotatable bonds is 4. The Morgan fingerprint density at radius 3 is 2.40 bits per heavy atom. The summed E-state index contributed by atoms with van der Waals surface area (Å²) in [6.07, 6.45) is 5.27. The zero-order valence-electron chi connectivity index (χ0n) is 8.22. The molecule has 3 heteroatoms. The predicted octanol–water partition coefficient (Wildman–Crippen LogP) is 3.35. The summed E-state index contributed by atoms with van der Waals surface area (Å²) in [5, 5.41) is 10.4. The maximum absolute atomic E-state index is 10.4. The van der Waals surface area contributed by atoms with Crippen LogP contribution in [-0.2, 0) is 0 Å². The maximum atomic E-state index is 10.4. The molecule has 0 unspecified atom stereocenters. The molecule has 0 aliphatic heterocycles. The van der Waals surface area contributed by atoms with Gasteiger partial charge in [-0.15, -0.1) is 0 Å². The molecule has 0 radical (unpaired) electrons. The van der Waals surface area contributed by atoms with Crippen molar-refractivity contribution in [2.45, 2.75) is 0 Å². The molecular weight excluding hydrogens is 190 g/mol. The minimum atomic E-state index is -0.420. The quantitative estimate of drug-likeness (QED) is 0.426. The van der Waals surface area contributed by atoms with E-state index in [0.717, 1.165) is 11.1 Å². The van der Waals surface area contributed by atoms with Gasteiger partial charge in [-0.1, -0.05) is 31.4 Å². The van der Waals surface area contributed by atoms with E-state index < -0.39 is 4.92 Å². The lowest BCUT2D eigenvalue weighted by Crippen LogP contribution is -1.86. The largest absolute Gasteiger partial charge is 0.269 e. The highest BCUT2D eigenvalue weighted by molar-refractivity contribution is 5.55. The van der Waals surface area contributed by atoms with Crippen LogP contribution in [0.4, 0.5) is 5.69 Å². The van der Waals surface area contributed by atoms with Gasteiger partial charge in [-0.2, -0.15) is 0 Å². The molecule has 0 fully saturated rings. The Balaban J connectivity index is 2.81. The molecule has 0 aliphatic rings. The van der Waals surface area contributed by atoms with Crippen molar-refractivity contribution in [1.29, 1.82) is 0 Å². The van der Waals surface area contributed by atoms with E-state index in [1.807, 2.05) is 6.08 Å². The number of hydrogen-bond donors (Lipinski definition) is 0. The Bertz CT molecular complexity index is 416. The lowest BCUT2D eigenvalue weighted by atomic mass is 10.1. The van der Waals surface area contributed by atoms with Crippen molar-refractivity contribution in [2.24, 2.45) is 0 Å². The van der Waals surface area contributed by atoms with Crippen LogP contribution in [0.15, 0.2) is 55.1 Å². The topological polar surface area (TPSA) is 43.1 Å². The first kappa shape index (κ1) is 10.9. The summed E-state index contributed by atoms with van der Waals surface area (Å²) in [4.78, 5) is 9.96. The molecule has 0 atom stereocenters. The fraction of sp³-hybridized carbons (Fsp3) is 0. The van der Waals surface area contributed by atoms with Gasteiger partial charge in [-0.25, -0.2) is 0 Å². The summed E-state index contributed by atoms with van der Waals surface area (Å²) in [6, 6.07) is 6.31. The zero-order valence-corrected chi connectivity index (χ0v) is 8.22. The van der Waals surface area contributed by atoms with Gasteiger partial charge in [-0.3, -0.25) is 10.1 Å². The van der Waals surface area contributed by atoms with Crippen LogP contribution in [0.3, 0.4) is 0 Å². The number of benzene rings is 1. The lowest BCUT2D eigenvalue weighted by molar-refractivity contribution is -0.384. The Kier molecular flexibility index (Phi) is 3.57.